The quantitative estimate of drug-likeness (QED) is 0.629. The fourth-order valence-electron chi connectivity index (χ4n) is 0.438. The molecule has 1 unspecified atom stereocenters. The third-order valence-corrected chi connectivity index (χ3v) is 3.16. The van der Waals surface area contributed by atoms with Gasteiger partial charge in [0, 0.05) is 10.7 Å². The minimum Gasteiger partial charge on any atom is -0.299 e. The zero-order valence-corrected chi connectivity index (χ0v) is 7.79. The predicted octanol–water partition coefficient (Wildman–Crippen LogP) is 2.39. The lowest BCUT2D eigenvalue weighted by molar-refractivity contribution is -0.124. The van der Waals surface area contributed by atoms with E-state index >= 15 is 0 Å². The van der Waals surface area contributed by atoms with Gasteiger partial charge in [-0.2, -0.15) is 0 Å². The molecule has 54 valence electrons. The van der Waals surface area contributed by atoms with Crippen LogP contribution in [-0.2, 0) is 4.79 Å². The van der Waals surface area contributed by atoms with Crippen molar-refractivity contribution in [2.75, 3.05) is 5.33 Å². The molecule has 0 saturated carbocycles. The monoisotopic (exact) mass is 192 g/mol. The molecule has 0 aromatic carbocycles. The molecule has 0 rings (SSSR count). The third-order valence-electron chi connectivity index (χ3n) is 1.93. The van der Waals surface area contributed by atoms with Gasteiger partial charge in [-0.3, -0.25) is 4.79 Å². The first-order valence-electron chi connectivity index (χ1n) is 3.14. The molecule has 1 nitrogen and oxygen atoms in total. The molecule has 0 aliphatic heterocycles. The van der Waals surface area contributed by atoms with Crippen LogP contribution in [0.1, 0.15) is 27.2 Å². The Labute approximate surface area is 65.0 Å². The number of halogens is 1. The molecule has 0 aliphatic rings. The molecule has 0 aliphatic carbocycles. The minimum absolute atomic E-state index is 0.139. The van der Waals surface area contributed by atoms with E-state index in [1.807, 2.05) is 13.8 Å². The van der Waals surface area contributed by atoms with Gasteiger partial charge in [0.25, 0.3) is 0 Å². The van der Waals surface area contributed by atoms with Gasteiger partial charge >= 0.3 is 0 Å². The number of hydrogen-bond donors (Lipinski definition) is 0. The molecule has 0 amide bonds. The van der Waals surface area contributed by atoms with Gasteiger partial charge in [-0.05, 0) is 13.3 Å². The second kappa shape index (κ2) is 3.35. The lowest BCUT2D eigenvalue weighted by Gasteiger charge is -2.20. The Morgan fingerprint density at radius 1 is 1.67 bits per heavy atom. The molecule has 0 radical (unpaired) electrons. The lowest BCUT2D eigenvalue weighted by atomic mass is 9.86. The van der Waals surface area contributed by atoms with E-state index in [1.54, 1.807) is 6.92 Å². The van der Waals surface area contributed by atoms with Crippen LogP contribution in [0.25, 0.3) is 0 Å². The number of Topliss-reactive ketones (excluding diaryl/α,β-unsaturated/α-hetero) is 1. The smallest absolute Gasteiger partial charge is 0.136 e. The first-order valence-corrected chi connectivity index (χ1v) is 4.26. The first-order chi connectivity index (χ1) is 4.06. The van der Waals surface area contributed by atoms with Crippen molar-refractivity contribution in [2.24, 2.45) is 5.41 Å². The van der Waals surface area contributed by atoms with Crippen molar-refractivity contribution in [2.45, 2.75) is 27.2 Å². The van der Waals surface area contributed by atoms with E-state index in [2.05, 4.69) is 15.9 Å². The molecule has 1 atom stereocenters. The fourth-order valence-corrected chi connectivity index (χ4v) is 1.23. The molecule has 0 saturated heterocycles. The maximum atomic E-state index is 10.9. The Morgan fingerprint density at radius 2 is 2.11 bits per heavy atom. The number of alkyl halides is 1. The maximum absolute atomic E-state index is 10.9. The zero-order chi connectivity index (χ0) is 7.49. The summed E-state index contributed by atoms with van der Waals surface area (Å²) in [5.74, 6) is 0.266. The summed E-state index contributed by atoms with van der Waals surface area (Å²) in [5, 5.41) is 0.770. The SMILES string of the molecule is CCC(C)(CBr)C(C)=O. The third kappa shape index (κ3) is 2.09. The summed E-state index contributed by atoms with van der Waals surface area (Å²) in [7, 11) is 0. The summed E-state index contributed by atoms with van der Waals surface area (Å²) < 4.78 is 0. The van der Waals surface area contributed by atoms with Crippen LogP contribution >= 0.6 is 15.9 Å². The number of carbonyl (C=O) groups is 1. The summed E-state index contributed by atoms with van der Waals surface area (Å²) in [6, 6.07) is 0. The molecule has 0 aromatic rings. The van der Waals surface area contributed by atoms with Crippen LogP contribution in [-0.4, -0.2) is 11.1 Å². The van der Waals surface area contributed by atoms with E-state index in [9.17, 15) is 4.79 Å². The van der Waals surface area contributed by atoms with Gasteiger partial charge in [0.2, 0.25) is 0 Å². The summed E-state index contributed by atoms with van der Waals surface area (Å²) in [5.41, 5.74) is -0.139. The molecule has 0 fully saturated rings. The summed E-state index contributed by atoms with van der Waals surface area (Å²) in [6.45, 7) is 5.65. The maximum Gasteiger partial charge on any atom is 0.136 e. The van der Waals surface area contributed by atoms with Crippen molar-refractivity contribution in [3.05, 3.63) is 0 Å². The Balaban J connectivity index is 4.09. The van der Waals surface area contributed by atoms with Crippen LogP contribution in [0.5, 0.6) is 0 Å². The van der Waals surface area contributed by atoms with E-state index in [1.165, 1.54) is 0 Å². The molecule has 0 N–H and O–H groups in total. The summed E-state index contributed by atoms with van der Waals surface area (Å²) >= 11 is 3.31. The van der Waals surface area contributed by atoms with Crippen LogP contribution in [0.15, 0.2) is 0 Å². The van der Waals surface area contributed by atoms with E-state index < -0.39 is 0 Å². The molecular weight excluding hydrogens is 180 g/mol. The van der Waals surface area contributed by atoms with E-state index in [0.29, 0.717) is 0 Å². The van der Waals surface area contributed by atoms with E-state index in [0.717, 1.165) is 11.8 Å². The van der Waals surface area contributed by atoms with Crippen molar-refractivity contribution < 1.29 is 4.79 Å². The topological polar surface area (TPSA) is 17.1 Å². The van der Waals surface area contributed by atoms with Crippen molar-refractivity contribution in [3.8, 4) is 0 Å². The van der Waals surface area contributed by atoms with Crippen LogP contribution < -0.4 is 0 Å². The molecule has 9 heavy (non-hydrogen) atoms. The van der Waals surface area contributed by atoms with Gasteiger partial charge in [-0.1, -0.05) is 29.8 Å². The van der Waals surface area contributed by atoms with Crippen LogP contribution in [0.2, 0.25) is 0 Å². The van der Waals surface area contributed by atoms with Crippen molar-refractivity contribution in [1.82, 2.24) is 0 Å². The minimum atomic E-state index is -0.139. The Kier molecular flexibility index (Phi) is 3.41. The highest BCUT2D eigenvalue weighted by atomic mass is 79.9. The Bertz CT molecular complexity index is 105. The second-order valence-electron chi connectivity index (χ2n) is 2.60. The molecule has 0 bridgehead atoms. The summed E-state index contributed by atoms with van der Waals surface area (Å²) in [4.78, 5) is 10.9. The van der Waals surface area contributed by atoms with Crippen molar-refractivity contribution >= 4 is 21.7 Å². The van der Waals surface area contributed by atoms with Crippen molar-refractivity contribution in [1.29, 1.82) is 0 Å². The average molecular weight is 193 g/mol. The number of rotatable bonds is 3. The van der Waals surface area contributed by atoms with Crippen LogP contribution in [0.3, 0.4) is 0 Å². The standard InChI is InChI=1S/C7H13BrO/c1-4-7(3,5-8)6(2)9/h4-5H2,1-3H3. The predicted molar refractivity (Wildman–Crippen MR) is 42.9 cm³/mol. The number of carbonyl (C=O) groups excluding carboxylic acids is 1. The average Bonchev–Trinajstić information content (AvgIpc) is 1.86. The highest BCUT2D eigenvalue weighted by Crippen LogP contribution is 2.24. The van der Waals surface area contributed by atoms with Gasteiger partial charge in [0.15, 0.2) is 0 Å². The van der Waals surface area contributed by atoms with Crippen molar-refractivity contribution in [3.63, 3.8) is 0 Å². The number of ketones is 1. The lowest BCUT2D eigenvalue weighted by Crippen LogP contribution is -2.25. The second-order valence-corrected chi connectivity index (χ2v) is 3.16. The molecular formula is C7H13BrO. The highest BCUT2D eigenvalue weighted by molar-refractivity contribution is 9.09. The highest BCUT2D eigenvalue weighted by Gasteiger charge is 2.25. The molecule has 2 heteroatoms. The molecule has 0 spiro atoms. The normalized spacial score (nSPS) is 16.9. The van der Waals surface area contributed by atoms with Gasteiger partial charge in [0.05, 0.1) is 0 Å². The largest absolute Gasteiger partial charge is 0.299 e. The van der Waals surface area contributed by atoms with Gasteiger partial charge in [-0.15, -0.1) is 0 Å². The number of hydrogen-bond acceptors (Lipinski definition) is 1. The van der Waals surface area contributed by atoms with Gasteiger partial charge in [0.1, 0.15) is 5.78 Å². The Hall–Kier alpha value is 0.150. The zero-order valence-electron chi connectivity index (χ0n) is 6.20. The van der Waals surface area contributed by atoms with E-state index in [4.69, 9.17) is 0 Å². The van der Waals surface area contributed by atoms with Crippen LogP contribution in [0, 0.1) is 5.41 Å². The van der Waals surface area contributed by atoms with E-state index in [-0.39, 0.29) is 11.2 Å². The van der Waals surface area contributed by atoms with Crippen LogP contribution in [0.4, 0.5) is 0 Å². The fraction of sp³-hybridized carbons (Fsp3) is 0.857. The first kappa shape index (κ1) is 9.15. The Morgan fingerprint density at radius 3 is 2.11 bits per heavy atom. The summed E-state index contributed by atoms with van der Waals surface area (Å²) in [6.07, 6.45) is 0.910. The molecule has 0 heterocycles. The molecule has 0 aromatic heterocycles. The van der Waals surface area contributed by atoms with Gasteiger partial charge in [-0.25, -0.2) is 0 Å². The van der Waals surface area contributed by atoms with Gasteiger partial charge < -0.3 is 0 Å².